The largest absolute Gasteiger partial charge is 0.476 e. The lowest BCUT2D eigenvalue weighted by Crippen LogP contribution is -2.35. The lowest BCUT2D eigenvalue weighted by molar-refractivity contribution is -0.441. The molecule has 2 aromatic carbocycles. The van der Waals surface area contributed by atoms with Crippen molar-refractivity contribution in [2.75, 3.05) is 31.6 Å². The smallest absolute Gasteiger partial charge is 0.248 e. The second-order valence-corrected chi connectivity index (χ2v) is 12.6. The summed E-state index contributed by atoms with van der Waals surface area (Å²) in [5.74, 6) is 3.38. The molecule has 1 atom stereocenters. The quantitative estimate of drug-likeness (QED) is 0.0912. The molecule has 3 aromatic rings. The lowest BCUT2D eigenvalue weighted by atomic mass is 9.99. The number of nitrogens with one attached hydrogen (secondary N) is 1. The van der Waals surface area contributed by atoms with Gasteiger partial charge in [-0.25, -0.2) is 15.0 Å². The molecule has 1 amide bonds. The highest BCUT2D eigenvalue weighted by Crippen LogP contribution is 2.40. The molecule has 0 bridgehead atoms. The third-order valence-electron chi connectivity index (χ3n) is 9.09. The van der Waals surface area contributed by atoms with E-state index in [2.05, 4.69) is 57.9 Å². The van der Waals surface area contributed by atoms with Crippen molar-refractivity contribution >= 4 is 46.4 Å². The first-order valence-corrected chi connectivity index (χ1v) is 18.3. The van der Waals surface area contributed by atoms with Crippen molar-refractivity contribution in [2.45, 2.75) is 73.6 Å². The zero-order valence-corrected chi connectivity index (χ0v) is 30.9. The van der Waals surface area contributed by atoms with Crippen molar-refractivity contribution < 1.29 is 18.8 Å². The van der Waals surface area contributed by atoms with Crippen molar-refractivity contribution in [1.29, 1.82) is 0 Å². The van der Waals surface area contributed by atoms with Gasteiger partial charge in [0.1, 0.15) is 23.7 Å². The minimum absolute atomic E-state index is 0.0596. The van der Waals surface area contributed by atoms with Crippen LogP contribution in [0.5, 0.6) is 11.5 Å². The van der Waals surface area contributed by atoms with E-state index in [0.29, 0.717) is 38.0 Å². The van der Waals surface area contributed by atoms with E-state index < -0.39 is 0 Å². The molecule has 0 aliphatic carbocycles. The molecule has 2 aliphatic rings. The average molecular weight is 691 g/mol. The van der Waals surface area contributed by atoms with E-state index in [1.807, 2.05) is 85.6 Å². The van der Waals surface area contributed by atoms with Gasteiger partial charge in [0.05, 0.1) is 23.1 Å². The zero-order chi connectivity index (χ0) is 36.2. The van der Waals surface area contributed by atoms with Crippen LogP contribution < -0.4 is 14.8 Å². The first-order chi connectivity index (χ1) is 24.9. The Morgan fingerprint density at radius 3 is 2.80 bits per heavy atom. The minimum atomic E-state index is 0.0596. The Morgan fingerprint density at radius 1 is 1.20 bits per heavy atom. The van der Waals surface area contributed by atoms with Gasteiger partial charge in [-0.1, -0.05) is 45.8 Å². The Hall–Kier alpha value is -5.25. The van der Waals surface area contributed by atoms with Crippen LogP contribution >= 0.6 is 0 Å². The van der Waals surface area contributed by atoms with Crippen LogP contribution in [-0.4, -0.2) is 69.0 Å². The van der Waals surface area contributed by atoms with Crippen LogP contribution in [0.3, 0.4) is 0 Å². The highest BCUT2D eigenvalue weighted by molar-refractivity contribution is 5.99. The van der Waals surface area contributed by atoms with Crippen LogP contribution in [0.2, 0.25) is 0 Å². The Morgan fingerprint density at radius 2 is 2.06 bits per heavy atom. The molecule has 1 N–H and O–H groups in total. The van der Waals surface area contributed by atoms with Gasteiger partial charge in [-0.15, -0.1) is 0 Å². The second kappa shape index (κ2) is 18.1. The van der Waals surface area contributed by atoms with E-state index >= 15 is 0 Å². The summed E-state index contributed by atoms with van der Waals surface area (Å²) in [6.45, 7) is 14.7. The summed E-state index contributed by atoms with van der Waals surface area (Å²) in [5, 5.41) is 10.5. The van der Waals surface area contributed by atoms with E-state index in [9.17, 15) is 4.79 Å². The highest BCUT2D eigenvalue weighted by Gasteiger charge is 2.27. The number of hydrogen-bond donors (Lipinski definition) is 1. The van der Waals surface area contributed by atoms with Crippen molar-refractivity contribution in [1.82, 2.24) is 19.9 Å². The molecule has 0 radical (unpaired) electrons. The molecule has 1 aromatic heterocycles. The van der Waals surface area contributed by atoms with Crippen LogP contribution in [0.15, 0.2) is 89.8 Å². The lowest BCUT2D eigenvalue weighted by Gasteiger charge is -2.21. The fourth-order valence-corrected chi connectivity index (χ4v) is 6.23. The number of nitrogens with zero attached hydrogens (tertiary/aromatic N) is 6. The number of ether oxygens (including phenoxy) is 2. The minimum Gasteiger partial charge on any atom is -0.476 e. The number of anilines is 2. The van der Waals surface area contributed by atoms with E-state index in [-0.39, 0.29) is 5.91 Å². The summed E-state index contributed by atoms with van der Waals surface area (Å²) < 4.78 is 14.7. The maximum absolute atomic E-state index is 13.1. The van der Waals surface area contributed by atoms with Gasteiger partial charge in [0.15, 0.2) is 19.4 Å². The fourth-order valence-electron chi connectivity index (χ4n) is 6.23. The molecule has 0 spiro atoms. The van der Waals surface area contributed by atoms with Gasteiger partial charge < -0.3 is 19.7 Å². The predicted octanol–water partition coefficient (Wildman–Crippen LogP) is 8.80. The maximum Gasteiger partial charge on any atom is 0.248 e. The van der Waals surface area contributed by atoms with E-state index in [1.54, 1.807) is 18.6 Å². The molecule has 0 saturated heterocycles. The molecule has 3 heterocycles. The van der Waals surface area contributed by atoms with E-state index in [1.165, 1.54) is 12.8 Å². The number of rotatable bonds is 16. The number of likely N-dealkylation sites (N-methyl/N-ethyl adjacent to an activating group) is 1. The Balaban J connectivity index is 1.31. The summed E-state index contributed by atoms with van der Waals surface area (Å²) in [7, 11) is 0. The first kappa shape index (κ1) is 37.0. The number of amides is 1. The van der Waals surface area contributed by atoms with Crippen LogP contribution in [0.1, 0.15) is 72.3 Å². The number of allylic oxidation sites excluding steroid dienone is 4. The molecule has 10 nitrogen and oxygen atoms in total. The van der Waals surface area contributed by atoms with E-state index in [4.69, 9.17) is 9.47 Å². The zero-order valence-electron chi connectivity index (χ0n) is 30.9. The SMILES string of the molecule is C/C=N\N1C=CC(Oc2ccc(Nc3ncnc4ccc5c(c34)OCC=[N+]5CCN(CC)C(=O)/C=C/C(CC)CCCC)cc2C)=C/C1=C\CC. The number of carbonyl (C=O) groups excluding carboxylic acids is 1. The monoisotopic (exact) mass is 690 g/mol. The number of unbranched alkanes of at least 4 members (excludes halogenated alkanes) is 1. The van der Waals surface area contributed by atoms with Gasteiger partial charge in [0.25, 0.3) is 0 Å². The van der Waals surface area contributed by atoms with Crippen LogP contribution in [0.4, 0.5) is 17.2 Å². The molecule has 51 heavy (non-hydrogen) atoms. The summed E-state index contributed by atoms with van der Waals surface area (Å²) >= 11 is 0. The number of hydrogen-bond acceptors (Lipinski definition) is 8. The second-order valence-electron chi connectivity index (χ2n) is 12.6. The predicted molar refractivity (Wildman–Crippen MR) is 207 cm³/mol. The van der Waals surface area contributed by atoms with Crippen molar-refractivity contribution in [2.24, 2.45) is 11.0 Å². The van der Waals surface area contributed by atoms with E-state index in [0.717, 1.165) is 70.1 Å². The molecule has 5 rings (SSSR count). The summed E-state index contributed by atoms with van der Waals surface area (Å²) in [6, 6.07) is 10.0. The first-order valence-electron chi connectivity index (χ1n) is 18.3. The van der Waals surface area contributed by atoms with Gasteiger partial charge in [-0.05, 0) is 87.9 Å². The molecule has 0 fully saturated rings. The van der Waals surface area contributed by atoms with Crippen LogP contribution in [-0.2, 0) is 4.79 Å². The third kappa shape index (κ3) is 9.31. The Bertz CT molecular complexity index is 1870. The van der Waals surface area contributed by atoms with Gasteiger partial charge in [0, 0.05) is 36.8 Å². The molecular weight excluding hydrogens is 638 g/mol. The Kier molecular flexibility index (Phi) is 13.2. The normalized spacial score (nSPS) is 15.6. The summed E-state index contributed by atoms with van der Waals surface area (Å²) in [6.07, 6.45) is 22.6. The molecular formula is C41H52N7O3+. The standard InChI is InChI=1S/C41H52N7O3/c1-7-12-14-31(9-3)15-20-38(49)46(11-5)23-24-47-25-26-50-40-36(47)18-17-35-39(40)41(43-29-42-35)45-32-16-19-37(30(6)27-32)51-34-21-22-48(44-10-4)33(28-34)13-8-2/h10,13,15-22,25,27-29,31H,7-9,11-12,14,23-24,26H2,1-6H3,(H,42,43,45)/q+1/b20-15+,33-13+,44-10-. The average Bonchev–Trinajstić information content (AvgIpc) is 3.14. The Labute approximate surface area is 302 Å². The molecule has 10 heteroatoms. The topological polar surface area (TPSA) is 95.2 Å². The molecule has 268 valence electrons. The number of fused-ring (bicyclic) bond motifs is 3. The molecule has 2 aliphatic heterocycles. The van der Waals surface area contributed by atoms with Crippen LogP contribution in [0, 0.1) is 12.8 Å². The number of benzene rings is 2. The molecule has 1 unspecified atom stereocenters. The summed E-state index contributed by atoms with van der Waals surface area (Å²) in [4.78, 5) is 24.2. The van der Waals surface area contributed by atoms with Gasteiger partial charge in [0.2, 0.25) is 17.3 Å². The van der Waals surface area contributed by atoms with Crippen LogP contribution in [0.25, 0.3) is 10.9 Å². The third-order valence-corrected chi connectivity index (χ3v) is 9.09. The van der Waals surface area contributed by atoms with Gasteiger partial charge >= 0.3 is 0 Å². The van der Waals surface area contributed by atoms with Gasteiger partial charge in [-0.3, -0.25) is 4.79 Å². The highest BCUT2D eigenvalue weighted by atomic mass is 16.5. The summed E-state index contributed by atoms with van der Waals surface area (Å²) in [5.41, 5.74) is 4.50. The number of carbonyl (C=O) groups is 1. The fraction of sp³-hybridized carbons (Fsp3) is 0.390. The maximum atomic E-state index is 13.1. The molecule has 0 saturated carbocycles. The van der Waals surface area contributed by atoms with Crippen molar-refractivity contribution in [3.05, 3.63) is 90.3 Å². The number of hydrazone groups is 1. The van der Waals surface area contributed by atoms with Crippen molar-refractivity contribution in [3.8, 4) is 11.5 Å². The number of aromatic nitrogens is 2. The van der Waals surface area contributed by atoms with Gasteiger partial charge in [-0.2, -0.15) is 9.68 Å². The van der Waals surface area contributed by atoms with Crippen molar-refractivity contribution in [3.63, 3.8) is 0 Å². The number of aryl methyl sites for hydroxylation is 1.